The first-order chi connectivity index (χ1) is 7.45. The maximum atomic E-state index is 12.6. The summed E-state index contributed by atoms with van der Waals surface area (Å²) in [6, 6.07) is 0.939. The van der Waals surface area contributed by atoms with Crippen LogP contribution in [0.4, 0.5) is 8.78 Å². The Labute approximate surface area is 97.4 Å². The van der Waals surface area contributed by atoms with Crippen molar-refractivity contribution in [3.05, 3.63) is 33.2 Å². The van der Waals surface area contributed by atoms with Crippen LogP contribution in [-0.2, 0) is 16.5 Å². The van der Waals surface area contributed by atoms with Crippen molar-refractivity contribution in [1.29, 1.82) is 0 Å². The topological polar surface area (TPSA) is 70.2 Å². The Morgan fingerprint density at radius 2 is 2.19 bits per heavy atom. The molecule has 1 rings (SSSR count). The Hall–Kier alpha value is -1.24. The third-order valence-electron chi connectivity index (χ3n) is 1.94. The van der Waals surface area contributed by atoms with Crippen LogP contribution < -0.4 is 5.56 Å². The van der Waals surface area contributed by atoms with Gasteiger partial charge in [-0.15, -0.1) is 0 Å². The zero-order valence-corrected chi connectivity index (χ0v) is 9.55. The summed E-state index contributed by atoms with van der Waals surface area (Å²) in [5.41, 5.74) is -1.12. The highest BCUT2D eigenvalue weighted by atomic mass is 79.9. The van der Waals surface area contributed by atoms with E-state index in [9.17, 15) is 18.4 Å². The smallest absolute Gasteiger partial charge is 0.308 e. The van der Waals surface area contributed by atoms with Crippen LogP contribution in [0.3, 0.4) is 0 Å². The van der Waals surface area contributed by atoms with Crippen molar-refractivity contribution in [3.8, 4) is 0 Å². The molecule has 2 N–H and O–H groups in total. The summed E-state index contributed by atoms with van der Waals surface area (Å²) in [5, 5.41) is 8.58. The van der Waals surface area contributed by atoms with Crippen molar-refractivity contribution in [2.45, 2.75) is 18.2 Å². The standard InChI is InChI=1S/C9H8BrF2NO3/c10-3-6-5(8(11)12)1-4(2-7(14)15)9(16)13-6/h1,8H,2-3H2,(H,13,16)(H,14,15). The van der Waals surface area contributed by atoms with E-state index >= 15 is 0 Å². The maximum absolute atomic E-state index is 12.6. The molecule has 0 bridgehead atoms. The third-order valence-corrected chi connectivity index (χ3v) is 2.51. The van der Waals surface area contributed by atoms with Gasteiger partial charge in [0.1, 0.15) is 0 Å². The van der Waals surface area contributed by atoms with Gasteiger partial charge in [-0.2, -0.15) is 0 Å². The summed E-state index contributed by atoms with van der Waals surface area (Å²) in [6.07, 6.45) is -3.32. The average Bonchev–Trinajstić information content (AvgIpc) is 2.19. The summed E-state index contributed by atoms with van der Waals surface area (Å²) in [6.45, 7) is 0. The van der Waals surface area contributed by atoms with E-state index in [0.717, 1.165) is 6.07 Å². The van der Waals surface area contributed by atoms with E-state index < -0.39 is 24.4 Å². The number of aliphatic carboxylic acids is 1. The number of aromatic amines is 1. The van der Waals surface area contributed by atoms with Gasteiger partial charge in [0.25, 0.3) is 12.0 Å². The largest absolute Gasteiger partial charge is 0.481 e. The van der Waals surface area contributed by atoms with E-state index in [2.05, 4.69) is 20.9 Å². The van der Waals surface area contributed by atoms with Crippen molar-refractivity contribution < 1.29 is 18.7 Å². The number of hydrogen-bond donors (Lipinski definition) is 2. The molecule has 0 saturated heterocycles. The predicted octanol–water partition coefficient (Wildman–Crippen LogP) is 1.83. The van der Waals surface area contributed by atoms with Crippen molar-refractivity contribution in [2.24, 2.45) is 0 Å². The zero-order valence-electron chi connectivity index (χ0n) is 7.97. The number of carboxylic acid groups (broad SMARTS) is 1. The van der Waals surface area contributed by atoms with E-state index in [-0.39, 0.29) is 22.2 Å². The Kier molecular flexibility index (Phi) is 4.17. The second-order valence-electron chi connectivity index (χ2n) is 3.06. The van der Waals surface area contributed by atoms with Crippen LogP contribution in [-0.4, -0.2) is 16.1 Å². The van der Waals surface area contributed by atoms with Gasteiger partial charge >= 0.3 is 5.97 Å². The maximum Gasteiger partial charge on any atom is 0.308 e. The molecule has 0 aromatic carbocycles. The summed E-state index contributed by atoms with van der Waals surface area (Å²) in [7, 11) is 0. The Balaban J connectivity index is 3.27. The molecule has 0 spiro atoms. The van der Waals surface area contributed by atoms with Crippen LogP contribution in [0.15, 0.2) is 10.9 Å². The summed E-state index contributed by atoms with van der Waals surface area (Å²) in [5.74, 6) is -1.24. The van der Waals surface area contributed by atoms with Crippen molar-refractivity contribution in [2.75, 3.05) is 0 Å². The minimum atomic E-state index is -2.75. The molecule has 4 nitrogen and oxygen atoms in total. The molecule has 0 saturated carbocycles. The highest BCUT2D eigenvalue weighted by molar-refractivity contribution is 9.08. The van der Waals surface area contributed by atoms with Crippen LogP contribution in [0, 0.1) is 0 Å². The number of pyridine rings is 1. The number of carboxylic acids is 1. The number of H-pyrrole nitrogens is 1. The number of hydrogen-bond acceptors (Lipinski definition) is 2. The van der Waals surface area contributed by atoms with Crippen LogP contribution in [0.25, 0.3) is 0 Å². The molecule has 0 fully saturated rings. The Morgan fingerprint density at radius 1 is 1.56 bits per heavy atom. The van der Waals surface area contributed by atoms with E-state index in [1.807, 2.05) is 0 Å². The molecule has 0 radical (unpaired) electrons. The number of aromatic nitrogens is 1. The normalized spacial score (nSPS) is 10.8. The lowest BCUT2D eigenvalue weighted by Crippen LogP contribution is -2.19. The van der Waals surface area contributed by atoms with Gasteiger partial charge in [0.15, 0.2) is 0 Å². The van der Waals surface area contributed by atoms with Crippen LogP contribution in [0.1, 0.15) is 23.2 Å². The minimum absolute atomic E-state index is 0.0640. The van der Waals surface area contributed by atoms with Gasteiger partial charge in [-0.1, -0.05) is 15.9 Å². The highest BCUT2D eigenvalue weighted by Crippen LogP contribution is 2.23. The molecular formula is C9H8BrF2NO3. The molecule has 0 amide bonds. The molecule has 1 aromatic heterocycles. The molecule has 0 aliphatic carbocycles. The molecular weight excluding hydrogens is 288 g/mol. The molecule has 1 aromatic rings. The molecule has 0 aliphatic rings. The monoisotopic (exact) mass is 295 g/mol. The number of alkyl halides is 3. The SMILES string of the molecule is O=C(O)Cc1cc(C(F)F)c(CBr)[nH]c1=O. The van der Waals surface area contributed by atoms with Crippen LogP contribution in [0.2, 0.25) is 0 Å². The van der Waals surface area contributed by atoms with E-state index in [0.29, 0.717) is 0 Å². The van der Waals surface area contributed by atoms with Crippen LogP contribution >= 0.6 is 15.9 Å². The van der Waals surface area contributed by atoms with Crippen molar-refractivity contribution in [1.82, 2.24) is 4.98 Å². The first-order valence-corrected chi connectivity index (χ1v) is 5.38. The fourth-order valence-corrected chi connectivity index (χ4v) is 1.69. The molecule has 1 heterocycles. The summed E-state index contributed by atoms with van der Waals surface area (Å²) >= 11 is 2.97. The molecule has 0 unspecified atom stereocenters. The Morgan fingerprint density at radius 3 is 2.62 bits per heavy atom. The quantitative estimate of drug-likeness (QED) is 0.833. The van der Waals surface area contributed by atoms with E-state index in [1.54, 1.807) is 0 Å². The molecule has 0 aliphatic heterocycles. The average molecular weight is 296 g/mol. The van der Waals surface area contributed by atoms with Gasteiger partial charge < -0.3 is 10.1 Å². The fourth-order valence-electron chi connectivity index (χ4n) is 1.23. The van der Waals surface area contributed by atoms with Gasteiger partial charge in [0, 0.05) is 22.2 Å². The fraction of sp³-hybridized carbons (Fsp3) is 0.333. The lowest BCUT2D eigenvalue weighted by Gasteiger charge is -2.07. The summed E-state index contributed by atoms with van der Waals surface area (Å²) < 4.78 is 25.1. The number of halogens is 3. The second kappa shape index (κ2) is 5.20. The van der Waals surface area contributed by atoms with Gasteiger partial charge in [0.05, 0.1) is 6.42 Å². The Bertz CT molecular complexity index is 459. The second-order valence-corrected chi connectivity index (χ2v) is 3.62. The number of rotatable bonds is 4. The molecule has 0 atom stereocenters. The predicted molar refractivity (Wildman–Crippen MR) is 56.0 cm³/mol. The van der Waals surface area contributed by atoms with Crippen molar-refractivity contribution >= 4 is 21.9 Å². The number of nitrogens with one attached hydrogen (secondary N) is 1. The minimum Gasteiger partial charge on any atom is -0.481 e. The van der Waals surface area contributed by atoms with Gasteiger partial charge in [-0.05, 0) is 6.07 Å². The lowest BCUT2D eigenvalue weighted by atomic mass is 10.1. The van der Waals surface area contributed by atoms with Gasteiger partial charge in [-0.3, -0.25) is 9.59 Å². The first kappa shape index (κ1) is 12.8. The molecule has 7 heteroatoms. The first-order valence-electron chi connectivity index (χ1n) is 4.26. The van der Waals surface area contributed by atoms with Gasteiger partial charge in [-0.25, -0.2) is 8.78 Å². The molecule has 16 heavy (non-hydrogen) atoms. The highest BCUT2D eigenvalue weighted by Gasteiger charge is 2.16. The molecule has 88 valence electrons. The van der Waals surface area contributed by atoms with Crippen molar-refractivity contribution in [3.63, 3.8) is 0 Å². The van der Waals surface area contributed by atoms with Gasteiger partial charge in [0.2, 0.25) is 0 Å². The van der Waals surface area contributed by atoms with E-state index in [1.165, 1.54) is 0 Å². The van der Waals surface area contributed by atoms with Crippen LogP contribution in [0.5, 0.6) is 0 Å². The van der Waals surface area contributed by atoms with E-state index in [4.69, 9.17) is 5.11 Å². The summed E-state index contributed by atoms with van der Waals surface area (Å²) in [4.78, 5) is 24.0. The third kappa shape index (κ3) is 2.88. The lowest BCUT2D eigenvalue weighted by molar-refractivity contribution is -0.136. The zero-order chi connectivity index (χ0) is 12.3. The number of carbonyl (C=O) groups is 1.